The van der Waals surface area contributed by atoms with Gasteiger partial charge < -0.3 is 15.2 Å². The average Bonchev–Trinajstić information content (AvgIpc) is 2.40. The molecule has 0 amide bonds. The topological polar surface area (TPSA) is 84.6 Å². The van der Waals surface area contributed by atoms with Crippen molar-refractivity contribution in [2.24, 2.45) is 0 Å². The number of nitro benzene ring substituents is 1. The normalized spacial score (nSPS) is 22.8. The first-order valence-corrected chi connectivity index (χ1v) is 6.39. The van der Waals surface area contributed by atoms with Crippen LogP contribution in [0.3, 0.4) is 0 Å². The maximum absolute atomic E-state index is 11.1. The van der Waals surface area contributed by atoms with E-state index in [9.17, 15) is 15.2 Å². The third kappa shape index (κ3) is 2.96. The van der Waals surface area contributed by atoms with Crippen molar-refractivity contribution in [3.8, 4) is 5.75 Å². The quantitative estimate of drug-likeness (QED) is 0.645. The van der Waals surface area contributed by atoms with Crippen LogP contribution in [0.4, 0.5) is 11.4 Å². The van der Waals surface area contributed by atoms with Gasteiger partial charge in [-0.05, 0) is 25.0 Å². The minimum atomic E-state index is -0.462. The second kappa shape index (κ2) is 5.88. The molecular weight excluding hydrogens is 248 g/mol. The summed E-state index contributed by atoms with van der Waals surface area (Å²) < 4.78 is 5.02. The van der Waals surface area contributed by atoms with Gasteiger partial charge in [0.2, 0.25) is 0 Å². The lowest BCUT2D eigenvalue weighted by Crippen LogP contribution is -2.36. The van der Waals surface area contributed by atoms with Crippen molar-refractivity contribution >= 4 is 11.4 Å². The fourth-order valence-electron chi connectivity index (χ4n) is 2.47. The van der Waals surface area contributed by atoms with Crippen LogP contribution in [0.25, 0.3) is 0 Å². The van der Waals surface area contributed by atoms with E-state index in [0.29, 0.717) is 5.69 Å². The molecule has 0 spiro atoms. The molecule has 0 aromatic heterocycles. The van der Waals surface area contributed by atoms with Gasteiger partial charge in [0.1, 0.15) is 5.69 Å². The number of anilines is 1. The van der Waals surface area contributed by atoms with Crippen LogP contribution < -0.4 is 10.1 Å². The van der Waals surface area contributed by atoms with Crippen LogP contribution in [0.15, 0.2) is 18.2 Å². The van der Waals surface area contributed by atoms with E-state index in [4.69, 9.17) is 4.74 Å². The molecule has 19 heavy (non-hydrogen) atoms. The molecule has 2 N–H and O–H groups in total. The smallest absolute Gasteiger partial charge is 0.333 e. The van der Waals surface area contributed by atoms with Crippen LogP contribution in [0.2, 0.25) is 0 Å². The molecule has 0 heterocycles. The number of rotatable bonds is 4. The first-order valence-electron chi connectivity index (χ1n) is 6.39. The molecule has 2 atom stereocenters. The summed E-state index contributed by atoms with van der Waals surface area (Å²) in [5.74, 6) is 0.222. The third-order valence-electron chi connectivity index (χ3n) is 3.47. The van der Waals surface area contributed by atoms with Crippen molar-refractivity contribution in [2.75, 3.05) is 12.4 Å². The van der Waals surface area contributed by atoms with Gasteiger partial charge in [0, 0.05) is 0 Å². The average molecular weight is 266 g/mol. The van der Waals surface area contributed by atoms with Crippen molar-refractivity contribution in [3.63, 3.8) is 0 Å². The van der Waals surface area contributed by atoms with Crippen molar-refractivity contribution < 1.29 is 14.8 Å². The summed E-state index contributed by atoms with van der Waals surface area (Å²) in [5.41, 5.74) is 0.318. The molecule has 1 aliphatic carbocycles. The highest BCUT2D eigenvalue weighted by Gasteiger charge is 2.27. The Morgan fingerprint density at radius 2 is 2.16 bits per heavy atom. The number of hydrogen-bond acceptors (Lipinski definition) is 5. The number of para-hydroxylation sites is 1. The molecule has 0 radical (unpaired) electrons. The van der Waals surface area contributed by atoms with Crippen molar-refractivity contribution in [1.82, 2.24) is 0 Å². The van der Waals surface area contributed by atoms with E-state index in [1.807, 2.05) is 0 Å². The second-order valence-electron chi connectivity index (χ2n) is 4.72. The number of benzene rings is 1. The number of nitro groups is 1. The zero-order valence-corrected chi connectivity index (χ0v) is 10.8. The summed E-state index contributed by atoms with van der Waals surface area (Å²) in [7, 11) is 1.40. The molecular formula is C13H18N2O4. The predicted molar refractivity (Wildman–Crippen MR) is 71.5 cm³/mol. The molecule has 1 aliphatic rings. The number of methoxy groups -OCH3 is 1. The zero-order chi connectivity index (χ0) is 13.8. The summed E-state index contributed by atoms with van der Waals surface area (Å²) in [6.45, 7) is 0. The highest BCUT2D eigenvalue weighted by atomic mass is 16.6. The Labute approximate surface area is 111 Å². The Morgan fingerprint density at radius 3 is 2.79 bits per heavy atom. The second-order valence-corrected chi connectivity index (χ2v) is 4.72. The lowest BCUT2D eigenvalue weighted by atomic mass is 9.92. The van der Waals surface area contributed by atoms with Gasteiger partial charge in [-0.15, -0.1) is 0 Å². The van der Waals surface area contributed by atoms with Crippen LogP contribution in [0, 0.1) is 10.1 Å². The fraction of sp³-hybridized carbons (Fsp3) is 0.538. The van der Waals surface area contributed by atoms with E-state index in [1.165, 1.54) is 7.11 Å². The molecule has 0 aliphatic heterocycles. The van der Waals surface area contributed by atoms with Crippen LogP contribution in [0.5, 0.6) is 5.75 Å². The first kappa shape index (κ1) is 13.6. The zero-order valence-electron chi connectivity index (χ0n) is 10.8. The number of nitrogens with zero attached hydrogens (tertiary/aromatic N) is 1. The molecule has 0 bridgehead atoms. The van der Waals surface area contributed by atoms with Gasteiger partial charge >= 0.3 is 5.69 Å². The molecule has 0 saturated heterocycles. The summed E-state index contributed by atoms with van der Waals surface area (Å²) >= 11 is 0. The lowest BCUT2D eigenvalue weighted by Gasteiger charge is -2.29. The standard InChI is InChI=1S/C13H18N2O4/c1-19-12-8-4-6-10(13(12)15(17)18)14-9-5-2-3-7-11(9)16/h4,6,8-9,11,14,16H,2-3,5,7H2,1H3. The van der Waals surface area contributed by atoms with Crippen LogP contribution in [0.1, 0.15) is 25.7 Å². The molecule has 2 unspecified atom stereocenters. The molecule has 1 fully saturated rings. The van der Waals surface area contributed by atoms with E-state index in [0.717, 1.165) is 25.7 Å². The number of nitrogens with one attached hydrogen (secondary N) is 1. The molecule has 1 aromatic carbocycles. The molecule has 1 aromatic rings. The van der Waals surface area contributed by atoms with Crippen molar-refractivity contribution in [2.45, 2.75) is 37.8 Å². The third-order valence-corrected chi connectivity index (χ3v) is 3.47. The molecule has 6 heteroatoms. The molecule has 6 nitrogen and oxygen atoms in total. The van der Waals surface area contributed by atoms with Crippen LogP contribution in [-0.4, -0.2) is 29.3 Å². The minimum Gasteiger partial charge on any atom is -0.490 e. The van der Waals surface area contributed by atoms with E-state index in [1.54, 1.807) is 18.2 Å². The predicted octanol–water partition coefficient (Wildman–Crippen LogP) is 2.32. The Bertz CT molecular complexity index is 464. The number of hydrogen-bond donors (Lipinski definition) is 2. The summed E-state index contributed by atoms with van der Waals surface area (Å²) in [4.78, 5) is 10.7. The number of aliphatic hydroxyl groups excluding tert-OH is 1. The fourth-order valence-corrected chi connectivity index (χ4v) is 2.47. The first-order chi connectivity index (χ1) is 9.13. The van der Waals surface area contributed by atoms with Gasteiger partial charge in [0.05, 0.1) is 24.2 Å². The Morgan fingerprint density at radius 1 is 1.42 bits per heavy atom. The van der Waals surface area contributed by atoms with Crippen molar-refractivity contribution in [3.05, 3.63) is 28.3 Å². The Balaban J connectivity index is 2.26. The Kier molecular flexibility index (Phi) is 4.21. The molecule has 104 valence electrons. The SMILES string of the molecule is COc1cccc(NC2CCCCC2O)c1[N+](=O)[O-]. The maximum Gasteiger partial charge on any atom is 0.333 e. The minimum absolute atomic E-state index is 0.0808. The van der Waals surface area contributed by atoms with Gasteiger partial charge in [0.15, 0.2) is 5.75 Å². The van der Waals surface area contributed by atoms with Gasteiger partial charge in [-0.2, -0.15) is 0 Å². The van der Waals surface area contributed by atoms with Gasteiger partial charge in [-0.1, -0.05) is 18.9 Å². The van der Waals surface area contributed by atoms with Crippen molar-refractivity contribution in [1.29, 1.82) is 0 Å². The summed E-state index contributed by atoms with van der Waals surface area (Å²) in [5, 5.41) is 24.2. The summed E-state index contributed by atoms with van der Waals surface area (Å²) in [6, 6.07) is 4.76. The van der Waals surface area contributed by atoms with Gasteiger partial charge in [-0.25, -0.2) is 0 Å². The Hall–Kier alpha value is -1.82. The highest BCUT2D eigenvalue weighted by Crippen LogP contribution is 2.36. The van der Waals surface area contributed by atoms with E-state index >= 15 is 0 Å². The largest absolute Gasteiger partial charge is 0.490 e. The lowest BCUT2D eigenvalue weighted by molar-refractivity contribution is -0.384. The van der Waals surface area contributed by atoms with E-state index < -0.39 is 11.0 Å². The monoisotopic (exact) mass is 266 g/mol. The van der Waals surface area contributed by atoms with Gasteiger partial charge in [0.25, 0.3) is 0 Å². The summed E-state index contributed by atoms with van der Waals surface area (Å²) in [6.07, 6.45) is 3.11. The number of ether oxygens (including phenoxy) is 1. The van der Waals surface area contributed by atoms with E-state index in [-0.39, 0.29) is 17.5 Å². The highest BCUT2D eigenvalue weighted by molar-refractivity contribution is 5.68. The van der Waals surface area contributed by atoms with Crippen LogP contribution in [-0.2, 0) is 0 Å². The van der Waals surface area contributed by atoms with Gasteiger partial charge in [-0.3, -0.25) is 10.1 Å². The van der Waals surface area contributed by atoms with Crippen LogP contribution >= 0.6 is 0 Å². The molecule has 2 rings (SSSR count). The van der Waals surface area contributed by atoms with E-state index in [2.05, 4.69) is 5.32 Å². The number of aliphatic hydroxyl groups is 1. The molecule has 1 saturated carbocycles. The maximum atomic E-state index is 11.1.